The van der Waals surface area contributed by atoms with Gasteiger partial charge in [-0.3, -0.25) is 0 Å². The summed E-state index contributed by atoms with van der Waals surface area (Å²) < 4.78 is 0. The van der Waals surface area contributed by atoms with Crippen LogP contribution in [0.3, 0.4) is 0 Å². The summed E-state index contributed by atoms with van der Waals surface area (Å²) >= 11 is 3.95. The Bertz CT molecular complexity index is 70.5. The van der Waals surface area contributed by atoms with Crippen molar-refractivity contribution < 1.29 is 0 Å². The van der Waals surface area contributed by atoms with Gasteiger partial charge < -0.3 is 5.32 Å². The first-order valence-electron chi connectivity index (χ1n) is 4.09. The Morgan fingerprint density at radius 1 is 1.45 bits per heavy atom. The molecule has 11 heavy (non-hydrogen) atoms. The summed E-state index contributed by atoms with van der Waals surface area (Å²) in [6.45, 7) is 2.21. The zero-order valence-corrected chi connectivity index (χ0v) is 9.36. The third-order valence-electron chi connectivity index (χ3n) is 1.60. The van der Waals surface area contributed by atoms with Crippen molar-refractivity contribution in [3.05, 3.63) is 0 Å². The standard InChI is InChI=1S/C8H19NS2/c1-4-11-7-8(9-2)5-6-10-3/h8-9H,4-7H2,1-3H3. The maximum Gasteiger partial charge on any atom is 0.0163 e. The van der Waals surface area contributed by atoms with Crippen LogP contribution in [0.4, 0.5) is 0 Å². The van der Waals surface area contributed by atoms with Crippen LogP contribution in [0.2, 0.25) is 0 Å². The van der Waals surface area contributed by atoms with Gasteiger partial charge in [0.05, 0.1) is 0 Å². The van der Waals surface area contributed by atoms with Crippen molar-refractivity contribution in [3.63, 3.8) is 0 Å². The van der Waals surface area contributed by atoms with E-state index < -0.39 is 0 Å². The Morgan fingerprint density at radius 3 is 2.64 bits per heavy atom. The average Bonchev–Trinajstić information content (AvgIpc) is 2.05. The van der Waals surface area contributed by atoms with Crippen LogP contribution in [-0.2, 0) is 0 Å². The van der Waals surface area contributed by atoms with Crippen LogP contribution in [0, 0.1) is 0 Å². The van der Waals surface area contributed by atoms with E-state index in [1.165, 1.54) is 23.7 Å². The Balaban J connectivity index is 3.25. The molecule has 0 fully saturated rings. The van der Waals surface area contributed by atoms with E-state index in [1.54, 1.807) is 0 Å². The summed E-state index contributed by atoms with van der Waals surface area (Å²) in [6.07, 6.45) is 3.46. The van der Waals surface area contributed by atoms with Crippen LogP contribution < -0.4 is 5.32 Å². The molecule has 0 rings (SSSR count). The summed E-state index contributed by atoms with van der Waals surface area (Å²) in [4.78, 5) is 0. The molecule has 0 aromatic carbocycles. The SMILES string of the molecule is CCSCC(CCSC)NC. The predicted molar refractivity (Wildman–Crippen MR) is 58.8 cm³/mol. The molecule has 0 aliphatic rings. The number of hydrogen-bond donors (Lipinski definition) is 1. The van der Waals surface area contributed by atoms with Gasteiger partial charge in [0, 0.05) is 11.8 Å². The summed E-state index contributed by atoms with van der Waals surface area (Å²) in [5.41, 5.74) is 0. The highest BCUT2D eigenvalue weighted by atomic mass is 32.2. The molecule has 0 bridgehead atoms. The lowest BCUT2D eigenvalue weighted by atomic mass is 10.3. The van der Waals surface area contributed by atoms with Crippen molar-refractivity contribution >= 4 is 23.5 Å². The van der Waals surface area contributed by atoms with E-state index in [4.69, 9.17) is 0 Å². The molecule has 0 aromatic heterocycles. The molecule has 0 spiro atoms. The number of nitrogens with one attached hydrogen (secondary N) is 1. The van der Waals surface area contributed by atoms with Crippen molar-refractivity contribution in [1.82, 2.24) is 5.32 Å². The molecule has 0 aliphatic heterocycles. The van der Waals surface area contributed by atoms with Crippen LogP contribution in [0.1, 0.15) is 13.3 Å². The highest BCUT2D eigenvalue weighted by Crippen LogP contribution is 2.07. The normalized spacial score (nSPS) is 13.4. The van der Waals surface area contributed by atoms with Crippen LogP contribution >= 0.6 is 23.5 Å². The van der Waals surface area contributed by atoms with E-state index in [2.05, 4.69) is 25.5 Å². The van der Waals surface area contributed by atoms with E-state index >= 15 is 0 Å². The minimum Gasteiger partial charge on any atom is -0.316 e. The molecule has 0 amide bonds. The maximum atomic E-state index is 3.34. The zero-order valence-electron chi connectivity index (χ0n) is 7.72. The fraction of sp³-hybridized carbons (Fsp3) is 1.00. The van der Waals surface area contributed by atoms with Crippen molar-refractivity contribution in [2.45, 2.75) is 19.4 Å². The molecule has 0 saturated carbocycles. The molecular formula is C8H19NS2. The zero-order chi connectivity index (χ0) is 8.53. The highest BCUT2D eigenvalue weighted by molar-refractivity contribution is 7.99. The lowest BCUT2D eigenvalue weighted by molar-refractivity contribution is 0.606. The molecule has 1 nitrogen and oxygen atoms in total. The first-order valence-corrected chi connectivity index (χ1v) is 6.64. The number of rotatable bonds is 7. The molecule has 0 aromatic rings. The van der Waals surface area contributed by atoms with Gasteiger partial charge >= 0.3 is 0 Å². The molecule has 68 valence electrons. The second-order valence-corrected chi connectivity index (χ2v) is 4.73. The van der Waals surface area contributed by atoms with Gasteiger partial charge in [-0.05, 0) is 31.2 Å². The molecule has 0 aliphatic carbocycles. The van der Waals surface area contributed by atoms with Gasteiger partial charge in [-0.25, -0.2) is 0 Å². The Kier molecular flexibility index (Phi) is 9.28. The van der Waals surface area contributed by atoms with E-state index in [-0.39, 0.29) is 0 Å². The maximum absolute atomic E-state index is 3.34. The quantitative estimate of drug-likeness (QED) is 0.665. The topological polar surface area (TPSA) is 12.0 Å². The summed E-state index contributed by atoms with van der Waals surface area (Å²) in [7, 11) is 2.06. The van der Waals surface area contributed by atoms with Crippen molar-refractivity contribution in [3.8, 4) is 0 Å². The van der Waals surface area contributed by atoms with Crippen molar-refractivity contribution in [2.75, 3.05) is 30.6 Å². The molecule has 0 radical (unpaired) electrons. The monoisotopic (exact) mass is 193 g/mol. The number of hydrogen-bond acceptors (Lipinski definition) is 3. The largest absolute Gasteiger partial charge is 0.316 e. The predicted octanol–water partition coefficient (Wildman–Crippen LogP) is 2.08. The van der Waals surface area contributed by atoms with Crippen LogP contribution in [0.25, 0.3) is 0 Å². The van der Waals surface area contributed by atoms with Gasteiger partial charge in [0.2, 0.25) is 0 Å². The fourth-order valence-electron chi connectivity index (χ4n) is 0.831. The molecule has 1 unspecified atom stereocenters. The second kappa shape index (κ2) is 8.75. The first kappa shape index (κ1) is 11.7. The summed E-state index contributed by atoms with van der Waals surface area (Å²) in [5, 5.41) is 3.34. The Morgan fingerprint density at radius 2 is 2.18 bits per heavy atom. The molecular weight excluding hydrogens is 174 g/mol. The fourth-order valence-corrected chi connectivity index (χ4v) is 2.20. The summed E-state index contributed by atoms with van der Waals surface area (Å²) in [6, 6.07) is 0.715. The Labute approximate surface area is 79.1 Å². The third kappa shape index (κ3) is 7.04. The van der Waals surface area contributed by atoms with Gasteiger partial charge in [0.1, 0.15) is 0 Å². The van der Waals surface area contributed by atoms with Crippen LogP contribution in [0.15, 0.2) is 0 Å². The van der Waals surface area contributed by atoms with E-state index in [9.17, 15) is 0 Å². The van der Waals surface area contributed by atoms with Crippen LogP contribution in [0.5, 0.6) is 0 Å². The van der Waals surface area contributed by atoms with E-state index in [1.807, 2.05) is 23.5 Å². The highest BCUT2D eigenvalue weighted by Gasteiger charge is 2.03. The van der Waals surface area contributed by atoms with E-state index in [0.29, 0.717) is 6.04 Å². The molecule has 3 heteroatoms. The molecule has 0 saturated heterocycles. The molecule has 1 atom stereocenters. The van der Waals surface area contributed by atoms with Gasteiger partial charge in [-0.15, -0.1) is 0 Å². The van der Waals surface area contributed by atoms with Gasteiger partial charge in [-0.2, -0.15) is 23.5 Å². The summed E-state index contributed by atoms with van der Waals surface area (Å²) in [5.74, 6) is 3.76. The molecule has 0 heterocycles. The average molecular weight is 193 g/mol. The Hall–Kier alpha value is 0.660. The van der Waals surface area contributed by atoms with Crippen LogP contribution in [-0.4, -0.2) is 36.6 Å². The minimum absolute atomic E-state index is 0.715. The molecule has 1 N–H and O–H groups in total. The minimum atomic E-state index is 0.715. The number of thioether (sulfide) groups is 2. The lowest BCUT2D eigenvalue weighted by Crippen LogP contribution is -2.28. The lowest BCUT2D eigenvalue weighted by Gasteiger charge is -2.13. The van der Waals surface area contributed by atoms with Gasteiger partial charge in [0.25, 0.3) is 0 Å². The van der Waals surface area contributed by atoms with Gasteiger partial charge in [0.15, 0.2) is 0 Å². The van der Waals surface area contributed by atoms with E-state index in [0.717, 1.165) is 0 Å². The van der Waals surface area contributed by atoms with Crippen molar-refractivity contribution in [2.24, 2.45) is 0 Å². The first-order chi connectivity index (χ1) is 5.35. The van der Waals surface area contributed by atoms with Crippen molar-refractivity contribution in [1.29, 1.82) is 0 Å². The van der Waals surface area contributed by atoms with Gasteiger partial charge in [-0.1, -0.05) is 6.92 Å². The third-order valence-corrected chi connectivity index (χ3v) is 3.29. The second-order valence-electron chi connectivity index (χ2n) is 2.43. The smallest absolute Gasteiger partial charge is 0.0163 e.